The molecule has 1 aliphatic heterocycles. The van der Waals surface area contributed by atoms with E-state index in [2.05, 4.69) is 24.0 Å². The number of piperidine rings is 1. The monoisotopic (exact) mass is 413 g/mol. The van der Waals surface area contributed by atoms with Crippen molar-refractivity contribution in [2.45, 2.75) is 13.8 Å². The van der Waals surface area contributed by atoms with Gasteiger partial charge in [-0.1, -0.05) is 65.1 Å². The first-order valence-electron chi connectivity index (χ1n) is 7.74. The Morgan fingerprint density at radius 1 is 1.08 bits per heavy atom. The van der Waals surface area contributed by atoms with Crippen molar-refractivity contribution >= 4 is 52.5 Å². The molecule has 25 heavy (non-hydrogen) atoms. The highest BCUT2D eigenvalue weighted by atomic mass is 35.5. The average Bonchev–Trinajstić information content (AvgIpc) is 2.54. The molecule has 0 amide bonds. The molecule has 5 heteroatoms. The van der Waals surface area contributed by atoms with Gasteiger partial charge in [-0.3, -0.25) is 0 Å². The van der Waals surface area contributed by atoms with Crippen LogP contribution in [-0.4, -0.2) is 13.1 Å². The van der Waals surface area contributed by atoms with Crippen LogP contribution < -0.4 is 5.32 Å². The molecule has 1 saturated heterocycles. The Kier molecular flexibility index (Phi) is 7.42. The molecule has 1 aromatic carbocycles. The second-order valence-corrected chi connectivity index (χ2v) is 7.65. The van der Waals surface area contributed by atoms with Gasteiger partial charge >= 0.3 is 0 Å². The summed E-state index contributed by atoms with van der Waals surface area (Å²) >= 11 is 24.1. The van der Waals surface area contributed by atoms with Gasteiger partial charge in [0.05, 0.1) is 15.1 Å². The van der Waals surface area contributed by atoms with Crippen LogP contribution in [0.4, 0.5) is 0 Å². The highest BCUT2D eigenvalue weighted by molar-refractivity contribution is 6.42. The second-order valence-electron chi connectivity index (χ2n) is 5.86. The SMILES string of the molecule is C=C1/C(=C/C(C)=C/C(Cl)=C(\C)Cl)CNC/C1=C\c1ccc(Cl)c(Cl)c1. The Labute approximate surface area is 169 Å². The van der Waals surface area contributed by atoms with Crippen molar-refractivity contribution in [2.75, 3.05) is 13.1 Å². The summed E-state index contributed by atoms with van der Waals surface area (Å²) in [5.74, 6) is 0. The third-order valence-corrected chi connectivity index (χ3v) is 5.21. The molecular formula is C20H19Cl4N. The van der Waals surface area contributed by atoms with Crippen LogP contribution in [0.25, 0.3) is 6.08 Å². The Bertz CT molecular complexity index is 809. The third-order valence-electron chi connectivity index (χ3n) is 3.78. The molecule has 1 aliphatic rings. The zero-order valence-corrected chi connectivity index (χ0v) is 17.1. The van der Waals surface area contributed by atoms with Gasteiger partial charge in [0.15, 0.2) is 0 Å². The van der Waals surface area contributed by atoms with Crippen LogP contribution in [-0.2, 0) is 0 Å². The van der Waals surface area contributed by atoms with Gasteiger partial charge in [0.25, 0.3) is 0 Å². The molecule has 132 valence electrons. The van der Waals surface area contributed by atoms with E-state index < -0.39 is 0 Å². The van der Waals surface area contributed by atoms with Crippen LogP contribution in [0.1, 0.15) is 19.4 Å². The lowest BCUT2D eigenvalue weighted by Gasteiger charge is -2.22. The quantitative estimate of drug-likeness (QED) is 0.519. The molecule has 0 aliphatic carbocycles. The summed E-state index contributed by atoms with van der Waals surface area (Å²) in [5, 5.41) is 5.58. The molecule has 1 aromatic rings. The van der Waals surface area contributed by atoms with E-state index in [4.69, 9.17) is 46.4 Å². The normalized spacial score (nSPS) is 20.2. The molecule has 1 N–H and O–H groups in total. The van der Waals surface area contributed by atoms with Gasteiger partial charge in [-0.25, -0.2) is 0 Å². The van der Waals surface area contributed by atoms with Crippen LogP contribution in [0.15, 0.2) is 69.3 Å². The highest BCUT2D eigenvalue weighted by Crippen LogP contribution is 2.28. The first-order chi connectivity index (χ1) is 11.8. The van der Waals surface area contributed by atoms with Gasteiger partial charge in [-0.2, -0.15) is 0 Å². The summed E-state index contributed by atoms with van der Waals surface area (Å²) in [6.07, 6.45) is 5.99. The molecule has 1 fully saturated rings. The molecular weight excluding hydrogens is 396 g/mol. The molecule has 0 atom stereocenters. The van der Waals surface area contributed by atoms with E-state index in [1.165, 1.54) is 0 Å². The Morgan fingerprint density at radius 3 is 2.40 bits per heavy atom. The Balaban J connectivity index is 2.28. The molecule has 2 rings (SSSR count). The fraction of sp³-hybridized carbons (Fsp3) is 0.200. The van der Waals surface area contributed by atoms with Crippen molar-refractivity contribution in [3.63, 3.8) is 0 Å². The number of allylic oxidation sites excluding steroid dienone is 5. The minimum Gasteiger partial charge on any atom is -0.309 e. The lowest BCUT2D eigenvalue weighted by molar-refractivity contribution is 0.768. The predicted molar refractivity (Wildman–Crippen MR) is 113 cm³/mol. The van der Waals surface area contributed by atoms with Crippen LogP contribution in [0, 0.1) is 0 Å². The topological polar surface area (TPSA) is 12.0 Å². The molecule has 1 heterocycles. The Morgan fingerprint density at radius 2 is 1.76 bits per heavy atom. The maximum absolute atomic E-state index is 6.10. The van der Waals surface area contributed by atoms with Crippen molar-refractivity contribution < 1.29 is 0 Å². The minimum atomic E-state index is 0.539. The van der Waals surface area contributed by atoms with Gasteiger partial charge in [-0.15, -0.1) is 0 Å². The van der Waals surface area contributed by atoms with E-state index in [1.54, 1.807) is 13.0 Å². The molecule has 0 bridgehead atoms. The maximum atomic E-state index is 6.10. The van der Waals surface area contributed by atoms with Gasteiger partial charge < -0.3 is 5.32 Å². The molecule has 0 radical (unpaired) electrons. The summed E-state index contributed by atoms with van der Waals surface area (Å²) < 4.78 is 0. The van der Waals surface area contributed by atoms with Gasteiger partial charge in [-0.05, 0) is 66.0 Å². The van der Waals surface area contributed by atoms with E-state index in [1.807, 2.05) is 25.1 Å². The number of rotatable bonds is 3. The smallest absolute Gasteiger partial charge is 0.0598 e. The third kappa shape index (κ3) is 5.77. The fourth-order valence-corrected chi connectivity index (χ4v) is 2.98. The second kappa shape index (κ2) is 9.12. The summed E-state index contributed by atoms with van der Waals surface area (Å²) in [6, 6.07) is 5.58. The van der Waals surface area contributed by atoms with Crippen molar-refractivity contribution in [1.29, 1.82) is 0 Å². The van der Waals surface area contributed by atoms with E-state index >= 15 is 0 Å². The van der Waals surface area contributed by atoms with E-state index in [0.717, 1.165) is 40.9 Å². The summed E-state index contributed by atoms with van der Waals surface area (Å²) in [7, 11) is 0. The fourth-order valence-electron chi connectivity index (χ4n) is 2.45. The largest absolute Gasteiger partial charge is 0.309 e. The first-order valence-corrected chi connectivity index (χ1v) is 9.26. The van der Waals surface area contributed by atoms with Crippen LogP contribution in [0.3, 0.4) is 0 Å². The Hall–Kier alpha value is -0.960. The predicted octanol–water partition coefficient (Wildman–Crippen LogP) is 7.12. The highest BCUT2D eigenvalue weighted by Gasteiger charge is 2.14. The number of halogens is 4. The van der Waals surface area contributed by atoms with Crippen molar-refractivity contribution in [1.82, 2.24) is 5.32 Å². The van der Waals surface area contributed by atoms with E-state index in [9.17, 15) is 0 Å². The van der Waals surface area contributed by atoms with E-state index in [0.29, 0.717) is 20.1 Å². The van der Waals surface area contributed by atoms with Crippen molar-refractivity contribution in [2.24, 2.45) is 0 Å². The number of hydrogen-bond donors (Lipinski definition) is 1. The van der Waals surface area contributed by atoms with Gasteiger partial charge in [0.1, 0.15) is 0 Å². The summed E-state index contributed by atoms with van der Waals surface area (Å²) in [5.41, 5.74) is 5.23. The molecule has 0 spiro atoms. The first kappa shape index (κ1) is 20.4. The van der Waals surface area contributed by atoms with Crippen molar-refractivity contribution in [3.05, 3.63) is 84.9 Å². The number of hydrogen-bond acceptors (Lipinski definition) is 1. The van der Waals surface area contributed by atoms with Crippen LogP contribution in [0.2, 0.25) is 10.0 Å². The maximum Gasteiger partial charge on any atom is 0.0598 e. The molecule has 0 saturated carbocycles. The average molecular weight is 415 g/mol. The molecule has 0 unspecified atom stereocenters. The number of nitrogens with one attached hydrogen (secondary N) is 1. The molecule has 1 nitrogen and oxygen atoms in total. The van der Waals surface area contributed by atoms with E-state index in [-0.39, 0.29) is 0 Å². The molecule has 0 aromatic heterocycles. The minimum absolute atomic E-state index is 0.539. The standard InChI is InChI=1S/C20H19Cl4N/c1-12(7-19(23)14(3)21)6-16-10-25-11-17(13(16)2)8-15-4-5-18(22)20(24)9-15/h4-9,25H,2,10-11H2,1,3H3/b12-7+,16-6+,17-8+,19-14-. The lowest BCUT2D eigenvalue weighted by atomic mass is 9.92. The van der Waals surface area contributed by atoms with Gasteiger partial charge in [0, 0.05) is 18.1 Å². The number of benzene rings is 1. The lowest BCUT2D eigenvalue weighted by Crippen LogP contribution is -2.27. The van der Waals surface area contributed by atoms with Gasteiger partial charge in [0.2, 0.25) is 0 Å². The zero-order chi connectivity index (χ0) is 18.6. The zero-order valence-electron chi connectivity index (χ0n) is 14.1. The van der Waals surface area contributed by atoms with Crippen molar-refractivity contribution in [3.8, 4) is 0 Å². The summed E-state index contributed by atoms with van der Waals surface area (Å²) in [4.78, 5) is 0. The van der Waals surface area contributed by atoms with Crippen LogP contribution >= 0.6 is 46.4 Å². The summed E-state index contributed by atoms with van der Waals surface area (Å²) in [6.45, 7) is 9.50. The van der Waals surface area contributed by atoms with Crippen LogP contribution in [0.5, 0.6) is 0 Å².